The van der Waals surface area contributed by atoms with Crippen LogP contribution < -0.4 is 4.90 Å². The molecule has 26 heavy (non-hydrogen) atoms. The number of carbonyl (C=O) groups excluding carboxylic acids is 1. The van der Waals surface area contributed by atoms with Crippen LogP contribution in [-0.2, 0) is 4.79 Å². The van der Waals surface area contributed by atoms with E-state index < -0.39 is 4.92 Å². The molecule has 1 aliphatic heterocycles. The normalized spacial score (nSPS) is 14.3. The fourth-order valence-corrected chi connectivity index (χ4v) is 3.82. The van der Waals surface area contributed by atoms with E-state index in [0.717, 1.165) is 18.0 Å². The van der Waals surface area contributed by atoms with Crippen LogP contribution in [0.5, 0.6) is 0 Å². The summed E-state index contributed by atoms with van der Waals surface area (Å²) >= 11 is 1.41. The van der Waals surface area contributed by atoms with Gasteiger partial charge < -0.3 is 9.80 Å². The molecule has 0 aliphatic carbocycles. The van der Waals surface area contributed by atoms with E-state index >= 15 is 0 Å². The van der Waals surface area contributed by atoms with Gasteiger partial charge in [-0.3, -0.25) is 14.9 Å². The number of non-ortho nitro benzene ring substituents is 1. The van der Waals surface area contributed by atoms with E-state index in [1.54, 1.807) is 12.1 Å². The lowest BCUT2D eigenvalue weighted by atomic mass is 10.1. The minimum Gasteiger partial charge on any atom is -0.368 e. The molecule has 0 N–H and O–H groups in total. The molecule has 2 aromatic rings. The van der Waals surface area contributed by atoms with Crippen molar-refractivity contribution in [3.05, 3.63) is 64.2 Å². The molecular weight excluding hydrogens is 350 g/mol. The van der Waals surface area contributed by atoms with E-state index in [0.29, 0.717) is 18.8 Å². The van der Waals surface area contributed by atoms with Crippen molar-refractivity contribution in [2.24, 2.45) is 0 Å². The molecule has 3 rings (SSSR count). The van der Waals surface area contributed by atoms with Crippen LogP contribution in [0.15, 0.2) is 53.4 Å². The van der Waals surface area contributed by atoms with Crippen LogP contribution in [0.2, 0.25) is 0 Å². The Balaban J connectivity index is 1.49. The molecule has 0 unspecified atom stereocenters. The Hall–Kier alpha value is -2.54. The first-order valence-electron chi connectivity index (χ1n) is 8.50. The quantitative estimate of drug-likeness (QED) is 0.458. The first-order valence-corrected chi connectivity index (χ1v) is 9.49. The Kier molecular flexibility index (Phi) is 5.78. The lowest BCUT2D eigenvalue weighted by molar-refractivity contribution is -0.384. The van der Waals surface area contributed by atoms with Gasteiger partial charge in [-0.05, 0) is 30.7 Å². The monoisotopic (exact) mass is 371 g/mol. The van der Waals surface area contributed by atoms with Crippen molar-refractivity contribution < 1.29 is 9.72 Å². The summed E-state index contributed by atoms with van der Waals surface area (Å²) in [5.74, 6) is 0.458. The number of carbonyl (C=O) groups is 1. The highest BCUT2D eigenvalue weighted by Gasteiger charge is 2.22. The number of aryl methyl sites for hydroxylation is 1. The SMILES string of the molecule is Cc1ccccc1N1CCN(C(=O)CSc2ccc([N+](=O)[O-])cc2)CC1. The van der Waals surface area contributed by atoms with Crippen molar-refractivity contribution in [1.29, 1.82) is 0 Å². The molecule has 6 nitrogen and oxygen atoms in total. The number of benzene rings is 2. The van der Waals surface area contributed by atoms with E-state index in [2.05, 4.69) is 24.0 Å². The molecule has 1 fully saturated rings. The number of nitrogens with zero attached hydrogens (tertiary/aromatic N) is 3. The van der Waals surface area contributed by atoms with Gasteiger partial charge in [0.2, 0.25) is 5.91 Å². The highest BCUT2D eigenvalue weighted by Crippen LogP contribution is 2.23. The second-order valence-electron chi connectivity index (χ2n) is 6.19. The van der Waals surface area contributed by atoms with Gasteiger partial charge in [-0.25, -0.2) is 0 Å². The van der Waals surface area contributed by atoms with Crippen LogP contribution in [-0.4, -0.2) is 47.7 Å². The minimum atomic E-state index is -0.423. The Morgan fingerprint density at radius 2 is 1.73 bits per heavy atom. The summed E-state index contributed by atoms with van der Waals surface area (Å²) in [6.07, 6.45) is 0. The zero-order valence-corrected chi connectivity index (χ0v) is 15.4. The number of amides is 1. The Morgan fingerprint density at radius 1 is 1.08 bits per heavy atom. The average molecular weight is 371 g/mol. The zero-order valence-electron chi connectivity index (χ0n) is 14.6. The molecule has 0 atom stereocenters. The predicted molar refractivity (Wildman–Crippen MR) is 104 cm³/mol. The molecule has 1 heterocycles. The van der Waals surface area contributed by atoms with Gasteiger partial charge in [0.15, 0.2) is 0 Å². The third-order valence-electron chi connectivity index (χ3n) is 4.50. The van der Waals surface area contributed by atoms with Crippen molar-refractivity contribution in [3.63, 3.8) is 0 Å². The summed E-state index contributed by atoms with van der Waals surface area (Å²) < 4.78 is 0. The molecule has 136 valence electrons. The number of rotatable bonds is 5. The van der Waals surface area contributed by atoms with Crippen LogP contribution in [0.1, 0.15) is 5.56 Å². The fraction of sp³-hybridized carbons (Fsp3) is 0.316. The van der Waals surface area contributed by atoms with Crippen LogP contribution in [0.3, 0.4) is 0 Å². The summed E-state index contributed by atoms with van der Waals surface area (Å²) in [7, 11) is 0. The fourth-order valence-electron chi connectivity index (χ4n) is 3.02. The standard InChI is InChI=1S/C19H21N3O3S/c1-15-4-2-3-5-18(15)20-10-12-21(13-11-20)19(23)14-26-17-8-6-16(7-9-17)22(24)25/h2-9H,10-14H2,1H3. The maximum absolute atomic E-state index is 12.4. The number of nitro groups is 1. The minimum absolute atomic E-state index is 0.0630. The Labute approximate surface area is 156 Å². The predicted octanol–water partition coefficient (Wildman–Crippen LogP) is 3.34. The Morgan fingerprint density at radius 3 is 2.35 bits per heavy atom. The summed E-state index contributed by atoms with van der Waals surface area (Å²) in [4.78, 5) is 27.8. The molecular formula is C19H21N3O3S. The second-order valence-corrected chi connectivity index (χ2v) is 7.24. The van der Waals surface area contributed by atoms with Crippen molar-refractivity contribution in [2.45, 2.75) is 11.8 Å². The summed E-state index contributed by atoms with van der Waals surface area (Å²) in [5.41, 5.74) is 2.55. The maximum Gasteiger partial charge on any atom is 0.269 e. The van der Waals surface area contributed by atoms with Crippen molar-refractivity contribution in [2.75, 3.05) is 36.8 Å². The lowest BCUT2D eigenvalue weighted by Crippen LogP contribution is -2.49. The van der Waals surface area contributed by atoms with Gasteiger partial charge in [0.1, 0.15) is 0 Å². The number of anilines is 1. The molecule has 0 saturated carbocycles. The molecule has 0 aromatic heterocycles. The number of thioether (sulfide) groups is 1. The van der Waals surface area contributed by atoms with E-state index in [-0.39, 0.29) is 11.6 Å². The van der Waals surface area contributed by atoms with Crippen LogP contribution in [0, 0.1) is 17.0 Å². The van der Waals surface area contributed by atoms with Crippen LogP contribution in [0.4, 0.5) is 11.4 Å². The molecule has 7 heteroatoms. The first kappa shape index (κ1) is 18.3. The van der Waals surface area contributed by atoms with Crippen molar-refractivity contribution in [3.8, 4) is 0 Å². The van der Waals surface area contributed by atoms with Gasteiger partial charge in [0, 0.05) is 48.9 Å². The topological polar surface area (TPSA) is 66.7 Å². The Bertz CT molecular complexity index is 787. The van der Waals surface area contributed by atoms with E-state index in [9.17, 15) is 14.9 Å². The molecule has 2 aromatic carbocycles. The third kappa shape index (κ3) is 4.35. The summed E-state index contributed by atoms with van der Waals surface area (Å²) in [6.45, 7) is 5.20. The second kappa shape index (κ2) is 8.23. The zero-order chi connectivity index (χ0) is 18.5. The van der Waals surface area contributed by atoms with Gasteiger partial charge >= 0.3 is 0 Å². The smallest absolute Gasteiger partial charge is 0.269 e. The maximum atomic E-state index is 12.4. The highest BCUT2D eigenvalue weighted by molar-refractivity contribution is 8.00. The molecule has 1 saturated heterocycles. The summed E-state index contributed by atoms with van der Waals surface area (Å²) in [5, 5.41) is 10.7. The number of hydrogen-bond acceptors (Lipinski definition) is 5. The average Bonchev–Trinajstić information content (AvgIpc) is 2.67. The molecule has 0 bridgehead atoms. The van der Waals surface area contributed by atoms with Gasteiger partial charge in [-0.1, -0.05) is 18.2 Å². The van der Waals surface area contributed by atoms with Crippen molar-refractivity contribution >= 4 is 29.0 Å². The largest absolute Gasteiger partial charge is 0.368 e. The molecule has 1 aliphatic rings. The molecule has 1 amide bonds. The van der Waals surface area contributed by atoms with Gasteiger partial charge in [-0.2, -0.15) is 0 Å². The third-order valence-corrected chi connectivity index (χ3v) is 5.50. The molecule has 0 radical (unpaired) electrons. The van der Waals surface area contributed by atoms with Gasteiger partial charge in [0.25, 0.3) is 5.69 Å². The van der Waals surface area contributed by atoms with Gasteiger partial charge in [-0.15, -0.1) is 11.8 Å². The van der Waals surface area contributed by atoms with Crippen LogP contribution >= 0.6 is 11.8 Å². The van der Waals surface area contributed by atoms with Crippen LogP contribution in [0.25, 0.3) is 0 Å². The number of para-hydroxylation sites is 1. The highest BCUT2D eigenvalue weighted by atomic mass is 32.2. The van der Waals surface area contributed by atoms with E-state index in [1.807, 2.05) is 17.0 Å². The number of hydrogen-bond donors (Lipinski definition) is 0. The number of nitro benzene ring substituents is 1. The van der Waals surface area contributed by atoms with Crippen molar-refractivity contribution in [1.82, 2.24) is 4.90 Å². The lowest BCUT2D eigenvalue weighted by Gasteiger charge is -2.36. The summed E-state index contributed by atoms with van der Waals surface area (Å²) in [6, 6.07) is 14.6. The van der Waals surface area contributed by atoms with E-state index in [4.69, 9.17) is 0 Å². The van der Waals surface area contributed by atoms with Gasteiger partial charge in [0.05, 0.1) is 10.7 Å². The molecule has 0 spiro atoms. The van der Waals surface area contributed by atoms with E-state index in [1.165, 1.54) is 35.1 Å². The number of piperazine rings is 1. The first-order chi connectivity index (χ1) is 12.5.